The number of hydrogen-bond donors (Lipinski definition) is 2. The molecule has 4 heteroatoms. The molecule has 0 saturated heterocycles. The lowest BCUT2D eigenvalue weighted by molar-refractivity contribution is 0.585. The average molecular weight is 440 g/mol. The molecule has 0 saturated carbocycles. The lowest BCUT2D eigenvalue weighted by Crippen LogP contribution is -2.17. The van der Waals surface area contributed by atoms with Gasteiger partial charge in [-0.1, -0.05) is 59.8 Å². The molecule has 31 heavy (non-hydrogen) atoms. The van der Waals surface area contributed by atoms with E-state index in [0.29, 0.717) is 5.92 Å². The van der Waals surface area contributed by atoms with Gasteiger partial charge in [0, 0.05) is 33.5 Å². The number of benzene rings is 1. The molecule has 0 radical (unpaired) electrons. The molecule has 2 unspecified atom stereocenters. The van der Waals surface area contributed by atoms with E-state index in [1.54, 1.807) is 17.5 Å². The maximum absolute atomic E-state index is 6.54. The summed E-state index contributed by atoms with van der Waals surface area (Å²) in [6.07, 6.45) is 12.2. The topological polar surface area (TPSA) is 64.9 Å². The monoisotopic (exact) mass is 439 g/mol. The minimum Gasteiger partial charge on any atom is -0.405 e. The molecule has 1 aromatic carbocycles. The summed E-state index contributed by atoms with van der Waals surface area (Å²) in [6, 6.07) is 2.38. The Labute approximate surface area is 193 Å². The molecule has 2 aliphatic rings. The van der Waals surface area contributed by atoms with Crippen molar-refractivity contribution in [3.63, 3.8) is 0 Å². The van der Waals surface area contributed by atoms with Crippen LogP contribution in [0.4, 0.5) is 5.69 Å². The lowest BCUT2D eigenvalue weighted by atomic mass is 9.81. The Morgan fingerprint density at radius 3 is 2.39 bits per heavy atom. The van der Waals surface area contributed by atoms with E-state index in [4.69, 9.17) is 11.5 Å². The maximum Gasteiger partial charge on any atom is 0.0981 e. The minimum atomic E-state index is 0.0357. The largest absolute Gasteiger partial charge is 0.405 e. The molecule has 3 nitrogen and oxygen atoms in total. The van der Waals surface area contributed by atoms with Crippen molar-refractivity contribution in [1.82, 2.24) is 4.98 Å². The third-order valence-electron chi connectivity index (χ3n) is 6.21. The van der Waals surface area contributed by atoms with Crippen LogP contribution in [0.15, 0.2) is 37.2 Å². The molecular weight excluding hydrogens is 398 g/mol. The van der Waals surface area contributed by atoms with Crippen LogP contribution in [0.2, 0.25) is 0 Å². The van der Waals surface area contributed by atoms with Crippen molar-refractivity contribution in [1.29, 1.82) is 0 Å². The minimum absolute atomic E-state index is 0.0357. The van der Waals surface area contributed by atoms with E-state index in [1.165, 1.54) is 32.1 Å². The molecule has 1 heterocycles. The van der Waals surface area contributed by atoms with Crippen molar-refractivity contribution in [2.75, 3.05) is 5.73 Å². The van der Waals surface area contributed by atoms with Crippen molar-refractivity contribution in [2.45, 2.75) is 90.9 Å². The van der Waals surface area contributed by atoms with Crippen molar-refractivity contribution >= 4 is 17.0 Å². The van der Waals surface area contributed by atoms with Gasteiger partial charge in [0.1, 0.15) is 0 Å². The third-order valence-corrected chi connectivity index (χ3v) is 7.55. The number of rotatable bonds is 2. The van der Waals surface area contributed by atoms with Gasteiger partial charge in [0.2, 0.25) is 0 Å². The van der Waals surface area contributed by atoms with Gasteiger partial charge in [-0.3, -0.25) is 0 Å². The summed E-state index contributed by atoms with van der Waals surface area (Å²) in [5.74, 6) is 0.389. The van der Waals surface area contributed by atoms with Crippen LogP contribution < -0.4 is 11.5 Å². The fraction of sp³-hybridized carbons (Fsp3) is 0.519. The summed E-state index contributed by atoms with van der Waals surface area (Å²) in [5.41, 5.74) is 18.8. The molecule has 0 bridgehead atoms. The zero-order valence-electron chi connectivity index (χ0n) is 20.5. The smallest absolute Gasteiger partial charge is 0.0981 e. The van der Waals surface area contributed by atoms with E-state index >= 15 is 0 Å². The van der Waals surface area contributed by atoms with Crippen LogP contribution in [0.3, 0.4) is 0 Å². The molecule has 2 aromatic rings. The van der Waals surface area contributed by atoms with Crippen LogP contribution in [0.1, 0.15) is 92.4 Å². The number of thiazole rings is 1. The summed E-state index contributed by atoms with van der Waals surface area (Å²) in [4.78, 5) is 5.60. The second kappa shape index (κ2) is 10.0. The molecule has 0 amide bonds. The van der Waals surface area contributed by atoms with Gasteiger partial charge in [-0.25, -0.2) is 4.98 Å². The first kappa shape index (κ1) is 25.2. The number of fused-ring (bicyclic) bond motifs is 2. The van der Waals surface area contributed by atoms with Crippen molar-refractivity contribution in [2.24, 2.45) is 5.73 Å². The number of nitrogens with zero attached hydrogens (tertiary/aromatic N) is 1. The van der Waals surface area contributed by atoms with Crippen LogP contribution in [-0.4, -0.2) is 4.98 Å². The first-order valence-corrected chi connectivity index (χ1v) is 12.3. The molecule has 0 spiro atoms. The molecule has 170 valence electrons. The fourth-order valence-electron chi connectivity index (χ4n) is 4.56. The van der Waals surface area contributed by atoms with Crippen LogP contribution in [0, 0.1) is 6.92 Å². The van der Waals surface area contributed by atoms with Crippen LogP contribution in [0.5, 0.6) is 0 Å². The number of hydrogen-bond acceptors (Lipinski definition) is 4. The second-order valence-corrected chi connectivity index (χ2v) is 10.8. The van der Waals surface area contributed by atoms with Gasteiger partial charge < -0.3 is 11.5 Å². The van der Waals surface area contributed by atoms with E-state index < -0.39 is 0 Å². The van der Waals surface area contributed by atoms with Gasteiger partial charge in [-0.05, 0) is 61.1 Å². The predicted octanol–water partition coefficient (Wildman–Crippen LogP) is 6.94. The zero-order chi connectivity index (χ0) is 23.4. The Morgan fingerprint density at radius 1 is 1.23 bits per heavy atom. The van der Waals surface area contributed by atoms with Gasteiger partial charge in [0.05, 0.1) is 5.01 Å². The molecule has 4 rings (SSSR count). The van der Waals surface area contributed by atoms with Crippen LogP contribution in [0.25, 0.3) is 0 Å². The molecule has 2 atom stereocenters. The van der Waals surface area contributed by atoms with Gasteiger partial charge >= 0.3 is 0 Å². The van der Waals surface area contributed by atoms with Crippen molar-refractivity contribution < 1.29 is 0 Å². The standard InChI is InChI=1S/C17H22N2.C8H13NS.C2H6/c1-3-17(2)8-6-13-10-12-5-4-11(7-9-18)14(12)16(19)15(13)17;1-6-5-9-7(10-6)8(2,3)4;1-2/h3,7,9-11H,1,4-6,8,18-19H2,2H3;5H,1-4H3;1-2H3/b9-7-;;. The van der Waals surface area contributed by atoms with E-state index in [0.717, 1.165) is 31.4 Å². The number of aromatic nitrogens is 1. The van der Waals surface area contributed by atoms with E-state index in [-0.39, 0.29) is 10.8 Å². The Balaban J connectivity index is 0.000000241. The lowest BCUT2D eigenvalue weighted by Gasteiger charge is -2.24. The SMILES string of the molecule is C=CC1(C)CCc2cc3c(c(N)c21)C(/C=C\N)CC3.CC.Cc1cnc(C(C)(C)C)s1. The highest BCUT2D eigenvalue weighted by Gasteiger charge is 2.37. The van der Waals surface area contributed by atoms with E-state index in [9.17, 15) is 0 Å². The Bertz CT molecular complexity index is 933. The predicted molar refractivity (Wildman–Crippen MR) is 138 cm³/mol. The normalized spacial score (nSPS) is 21.6. The second-order valence-electron chi connectivity index (χ2n) is 9.57. The number of allylic oxidation sites excluding steroid dienone is 2. The quantitative estimate of drug-likeness (QED) is 0.393. The van der Waals surface area contributed by atoms with Gasteiger partial charge in [0.15, 0.2) is 0 Å². The molecule has 0 fully saturated rings. The highest BCUT2D eigenvalue weighted by molar-refractivity contribution is 7.11. The van der Waals surface area contributed by atoms with Gasteiger partial charge in [0.25, 0.3) is 0 Å². The Hall–Kier alpha value is -2.07. The number of anilines is 1. The highest BCUT2D eigenvalue weighted by atomic mass is 32.1. The molecular formula is C27H41N3S. The summed E-state index contributed by atoms with van der Waals surface area (Å²) in [6.45, 7) is 18.9. The van der Waals surface area contributed by atoms with Crippen LogP contribution >= 0.6 is 11.3 Å². The fourth-order valence-corrected chi connectivity index (χ4v) is 5.39. The third kappa shape index (κ3) is 5.23. The Kier molecular flexibility index (Phi) is 8.15. The zero-order valence-corrected chi connectivity index (χ0v) is 21.3. The summed E-state index contributed by atoms with van der Waals surface area (Å²) in [7, 11) is 0. The first-order chi connectivity index (χ1) is 14.6. The average Bonchev–Trinajstić information content (AvgIpc) is 3.43. The maximum atomic E-state index is 6.54. The Morgan fingerprint density at radius 2 is 1.90 bits per heavy atom. The van der Waals surface area contributed by atoms with E-state index in [1.807, 2.05) is 20.0 Å². The summed E-state index contributed by atoms with van der Waals surface area (Å²) in [5, 5.41) is 1.23. The molecule has 4 N–H and O–H groups in total. The first-order valence-electron chi connectivity index (χ1n) is 11.5. The highest BCUT2D eigenvalue weighted by Crippen LogP contribution is 2.49. The van der Waals surface area contributed by atoms with Crippen molar-refractivity contribution in [3.8, 4) is 0 Å². The van der Waals surface area contributed by atoms with Gasteiger partial charge in [-0.15, -0.1) is 17.9 Å². The van der Waals surface area contributed by atoms with Crippen molar-refractivity contribution in [3.05, 3.63) is 69.3 Å². The number of nitrogen functional groups attached to an aromatic ring is 1. The number of nitrogens with two attached hydrogens (primary N) is 2. The number of aryl methyl sites for hydroxylation is 3. The summed E-state index contributed by atoms with van der Waals surface area (Å²) >= 11 is 1.78. The molecule has 0 aliphatic heterocycles. The van der Waals surface area contributed by atoms with E-state index in [2.05, 4.69) is 64.4 Å². The molecule has 1 aromatic heterocycles. The molecule has 2 aliphatic carbocycles. The van der Waals surface area contributed by atoms with Crippen LogP contribution in [-0.2, 0) is 23.7 Å². The van der Waals surface area contributed by atoms with Gasteiger partial charge in [-0.2, -0.15) is 0 Å². The summed E-state index contributed by atoms with van der Waals surface area (Å²) < 4.78 is 0.